The lowest BCUT2D eigenvalue weighted by atomic mass is 10.1. The molecule has 0 fully saturated rings. The van der Waals surface area contributed by atoms with E-state index in [1.807, 2.05) is 43.3 Å². The number of benzene rings is 2. The molecule has 3 aromatic rings. The van der Waals surface area contributed by atoms with E-state index >= 15 is 0 Å². The molecule has 5 nitrogen and oxygen atoms in total. The molecule has 0 bridgehead atoms. The maximum absolute atomic E-state index is 11.1. The fraction of sp³-hybridized carbons (Fsp3) is 0.0526. The largest absolute Gasteiger partial charge is 0.270 e. The van der Waals surface area contributed by atoms with E-state index in [9.17, 15) is 10.1 Å². The van der Waals surface area contributed by atoms with E-state index in [1.165, 1.54) is 6.07 Å². The number of nitro groups is 1. The number of hydrogen-bond donors (Lipinski definition) is 0. The molecule has 1 aliphatic carbocycles. The van der Waals surface area contributed by atoms with Crippen LogP contribution in [0.5, 0.6) is 0 Å². The van der Waals surface area contributed by atoms with Crippen molar-refractivity contribution >= 4 is 17.1 Å². The molecule has 0 amide bonds. The van der Waals surface area contributed by atoms with Gasteiger partial charge in [-0.2, -0.15) is 0 Å². The summed E-state index contributed by atoms with van der Waals surface area (Å²) in [6.07, 6.45) is 1.72. The first-order valence-corrected chi connectivity index (χ1v) is 7.53. The predicted octanol–water partition coefficient (Wildman–Crippen LogP) is 4.45. The molecule has 5 heteroatoms. The zero-order chi connectivity index (χ0) is 16.7. The molecule has 0 aliphatic heterocycles. The minimum Gasteiger partial charge on any atom is -0.258 e. The van der Waals surface area contributed by atoms with Crippen molar-refractivity contribution in [2.75, 3.05) is 0 Å². The average Bonchev–Trinajstić information content (AvgIpc) is 2.89. The fourth-order valence-corrected chi connectivity index (χ4v) is 2.95. The zero-order valence-corrected chi connectivity index (χ0v) is 12.9. The normalized spacial score (nSPS) is 13.6. The molecule has 0 saturated carbocycles. The Labute approximate surface area is 138 Å². The van der Waals surface area contributed by atoms with Crippen molar-refractivity contribution in [3.05, 3.63) is 87.6 Å². The minimum atomic E-state index is -0.388. The number of aryl methyl sites for hydroxylation is 1. The van der Waals surface area contributed by atoms with Crippen LogP contribution in [0.4, 0.5) is 11.4 Å². The van der Waals surface area contributed by atoms with Crippen molar-refractivity contribution in [1.29, 1.82) is 0 Å². The van der Waals surface area contributed by atoms with Gasteiger partial charge in [0.1, 0.15) is 0 Å². The van der Waals surface area contributed by atoms with E-state index in [0.29, 0.717) is 0 Å². The summed E-state index contributed by atoms with van der Waals surface area (Å²) in [5.41, 5.74) is 6.05. The Balaban J connectivity index is 1.97. The third-order valence-corrected chi connectivity index (χ3v) is 4.03. The van der Waals surface area contributed by atoms with Gasteiger partial charge in [0.2, 0.25) is 0 Å². The van der Waals surface area contributed by atoms with Crippen LogP contribution in [-0.2, 0) is 0 Å². The lowest BCUT2D eigenvalue weighted by Gasteiger charge is -2.03. The van der Waals surface area contributed by atoms with Crippen LogP contribution in [0.2, 0.25) is 0 Å². The maximum Gasteiger partial charge on any atom is 0.270 e. The highest BCUT2D eigenvalue weighted by atomic mass is 16.6. The molecular formula is C19H13N3O2. The average molecular weight is 315 g/mol. The van der Waals surface area contributed by atoms with Crippen LogP contribution in [0, 0.1) is 17.0 Å². The standard InChI is InChI=1S/C19H13N3O2/c1-12-4-2-5-13(10-12)21-19-16-6-3-9-20-18(16)15-8-7-14(22(23)24)11-17(15)19/h2-11H,1H3. The van der Waals surface area contributed by atoms with Crippen molar-refractivity contribution in [3.63, 3.8) is 0 Å². The first kappa shape index (κ1) is 14.3. The number of rotatable bonds is 2. The number of nitrogens with zero attached hydrogens (tertiary/aromatic N) is 3. The van der Waals surface area contributed by atoms with Crippen LogP contribution in [0.15, 0.2) is 65.8 Å². The molecule has 0 spiro atoms. The second-order valence-corrected chi connectivity index (χ2v) is 5.69. The van der Waals surface area contributed by atoms with Gasteiger partial charge in [-0.1, -0.05) is 12.1 Å². The number of aromatic nitrogens is 1. The summed E-state index contributed by atoms with van der Waals surface area (Å²) in [5.74, 6) is 0. The smallest absolute Gasteiger partial charge is 0.258 e. The van der Waals surface area contributed by atoms with Crippen molar-refractivity contribution in [2.45, 2.75) is 6.92 Å². The van der Waals surface area contributed by atoms with E-state index in [1.54, 1.807) is 18.3 Å². The van der Waals surface area contributed by atoms with E-state index in [4.69, 9.17) is 4.99 Å². The third kappa shape index (κ3) is 2.27. The van der Waals surface area contributed by atoms with Gasteiger partial charge in [-0.05, 0) is 42.8 Å². The molecular weight excluding hydrogens is 302 g/mol. The summed E-state index contributed by atoms with van der Waals surface area (Å²) in [6, 6.07) is 16.5. The molecule has 1 aliphatic rings. The van der Waals surface area contributed by atoms with Gasteiger partial charge in [0.15, 0.2) is 0 Å². The number of hydrogen-bond acceptors (Lipinski definition) is 4. The van der Waals surface area contributed by atoms with E-state index < -0.39 is 0 Å². The second-order valence-electron chi connectivity index (χ2n) is 5.69. The van der Waals surface area contributed by atoms with Gasteiger partial charge in [-0.25, -0.2) is 4.99 Å². The van der Waals surface area contributed by atoms with Crippen LogP contribution in [0.1, 0.15) is 16.7 Å². The zero-order valence-electron chi connectivity index (χ0n) is 12.9. The first-order valence-electron chi connectivity index (χ1n) is 7.53. The Morgan fingerprint density at radius 1 is 1.00 bits per heavy atom. The van der Waals surface area contributed by atoms with E-state index in [-0.39, 0.29) is 10.6 Å². The van der Waals surface area contributed by atoms with Crippen LogP contribution in [0.25, 0.3) is 11.3 Å². The first-order chi connectivity index (χ1) is 11.6. The van der Waals surface area contributed by atoms with Crippen molar-refractivity contribution in [2.24, 2.45) is 4.99 Å². The van der Waals surface area contributed by atoms with Crippen LogP contribution in [-0.4, -0.2) is 15.6 Å². The molecule has 0 N–H and O–H groups in total. The number of pyridine rings is 1. The molecule has 0 unspecified atom stereocenters. The molecule has 1 aromatic heterocycles. The van der Waals surface area contributed by atoms with Gasteiger partial charge in [0.25, 0.3) is 5.69 Å². The minimum absolute atomic E-state index is 0.0542. The van der Waals surface area contributed by atoms with Crippen molar-refractivity contribution in [1.82, 2.24) is 4.98 Å². The van der Waals surface area contributed by atoms with Gasteiger partial charge < -0.3 is 0 Å². The molecule has 0 radical (unpaired) electrons. The van der Waals surface area contributed by atoms with Gasteiger partial charge in [-0.15, -0.1) is 0 Å². The van der Waals surface area contributed by atoms with E-state index in [2.05, 4.69) is 4.98 Å². The van der Waals surface area contributed by atoms with Gasteiger partial charge in [0.05, 0.1) is 22.0 Å². The Hall–Kier alpha value is -3.34. The Morgan fingerprint density at radius 2 is 1.88 bits per heavy atom. The predicted molar refractivity (Wildman–Crippen MR) is 92.8 cm³/mol. The lowest BCUT2D eigenvalue weighted by Crippen LogP contribution is -1.99. The highest BCUT2D eigenvalue weighted by Crippen LogP contribution is 2.38. The van der Waals surface area contributed by atoms with Gasteiger partial charge >= 0.3 is 0 Å². The number of non-ortho nitro benzene ring substituents is 1. The van der Waals surface area contributed by atoms with Gasteiger partial charge in [-0.3, -0.25) is 15.1 Å². The van der Waals surface area contributed by atoms with E-state index in [0.717, 1.165) is 39.3 Å². The summed E-state index contributed by atoms with van der Waals surface area (Å²) < 4.78 is 0. The summed E-state index contributed by atoms with van der Waals surface area (Å²) in [5, 5.41) is 11.1. The van der Waals surface area contributed by atoms with Crippen LogP contribution in [0.3, 0.4) is 0 Å². The lowest BCUT2D eigenvalue weighted by molar-refractivity contribution is -0.384. The number of aliphatic imine (C=N–C) groups is 1. The topological polar surface area (TPSA) is 68.4 Å². The Morgan fingerprint density at radius 3 is 2.67 bits per heavy atom. The number of nitro benzene ring substituents is 1. The molecule has 1 heterocycles. The maximum atomic E-state index is 11.1. The quantitative estimate of drug-likeness (QED) is 0.405. The third-order valence-electron chi connectivity index (χ3n) is 4.03. The van der Waals surface area contributed by atoms with Crippen LogP contribution >= 0.6 is 0 Å². The summed E-state index contributed by atoms with van der Waals surface area (Å²) >= 11 is 0. The van der Waals surface area contributed by atoms with Crippen LogP contribution < -0.4 is 0 Å². The Kier molecular flexibility index (Phi) is 3.20. The molecule has 4 rings (SSSR count). The molecule has 0 atom stereocenters. The van der Waals surface area contributed by atoms with Crippen molar-refractivity contribution in [3.8, 4) is 11.3 Å². The SMILES string of the molecule is Cc1cccc(N=C2c3cc([N+](=O)[O-])ccc3-c3ncccc32)c1. The Bertz CT molecular complexity index is 1010. The molecule has 2 aromatic carbocycles. The number of fused-ring (bicyclic) bond motifs is 3. The highest BCUT2D eigenvalue weighted by Gasteiger charge is 2.27. The summed E-state index contributed by atoms with van der Waals surface area (Å²) in [4.78, 5) is 19.9. The second kappa shape index (κ2) is 5.38. The summed E-state index contributed by atoms with van der Waals surface area (Å²) in [7, 11) is 0. The highest BCUT2D eigenvalue weighted by molar-refractivity contribution is 6.24. The monoisotopic (exact) mass is 315 g/mol. The fourth-order valence-electron chi connectivity index (χ4n) is 2.95. The van der Waals surface area contributed by atoms with Gasteiger partial charge in [0, 0.05) is 35.0 Å². The summed E-state index contributed by atoms with van der Waals surface area (Å²) in [6.45, 7) is 2.01. The molecule has 0 saturated heterocycles. The molecule has 24 heavy (non-hydrogen) atoms. The van der Waals surface area contributed by atoms with Crippen molar-refractivity contribution < 1.29 is 4.92 Å². The molecule has 116 valence electrons.